The lowest BCUT2D eigenvalue weighted by molar-refractivity contribution is -0.119. The van der Waals surface area contributed by atoms with E-state index in [0.717, 1.165) is 29.8 Å². The Labute approximate surface area is 117 Å². The standard InChI is InChI=1S/C15H17N3O2/c1-18(15(19)11-3-4-11)14-9-13(16-17-14)10-5-7-12(20-2)8-6-10/h5-9,11H,3-4H2,1-2H3,(H,16,17). The predicted octanol–water partition coefficient (Wildman–Crippen LogP) is 2.46. The van der Waals surface area contributed by atoms with Gasteiger partial charge in [0.05, 0.1) is 12.8 Å². The van der Waals surface area contributed by atoms with Crippen LogP contribution in [0.1, 0.15) is 12.8 Å². The van der Waals surface area contributed by atoms with Gasteiger partial charge in [0.25, 0.3) is 0 Å². The first kappa shape index (κ1) is 12.7. The molecule has 3 rings (SSSR count). The number of carbonyl (C=O) groups is 1. The smallest absolute Gasteiger partial charge is 0.231 e. The quantitative estimate of drug-likeness (QED) is 0.929. The van der Waals surface area contributed by atoms with E-state index in [0.29, 0.717) is 5.82 Å². The Bertz CT molecular complexity index is 614. The third kappa shape index (κ3) is 2.39. The Balaban J connectivity index is 1.79. The van der Waals surface area contributed by atoms with Crippen molar-refractivity contribution >= 4 is 11.7 Å². The van der Waals surface area contributed by atoms with E-state index >= 15 is 0 Å². The Morgan fingerprint density at radius 1 is 1.35 bits per heavy atom. The van der Waals surface area contributed by atoms with E-state index in [-0.39, 0.29) is 11.8 Å². The molecule has 1 aromatic carbocycles. The van der Waals surface area contributed by atoms with Crippen molar-refractivity contribution in [1.82, 2.24) is 10.2 Å². The van der Waals surface area contributed by atoms with Gasteiger partial charge in [-0.3, -0.25) is 14.8 Å². The maximum atomic E-state index is 12.0. The summed E-state index contributed by atoms with van der Waals surface area (Å²) in [6.45, 7) is 0. The van der Waals surface area contributed by atoms with Gasteiger partial charge in [-0.05, 0) is 42.7 Å². The number of aromatic nitrogens is 2. The number of rotatable bonds is 4. The molecule has 1 N–H and O–H groups in total. The van der Waals surface area contributed by atoms with Crippen molar-refractivity contribution in [3.63, 3.8) is 0 Å². The van der Waals surface area contributed by atoms with Gasteiger partial charge in [0.15, 0.2) is 5.82 Å². The normalized spacial score (nSPS) is 14.1. The zero-order chi connectivity index (χ0) is 14.1. The first-order valence-corrected chi connectivity index (χ1v) is 6.66. The molecule has 1 heterocycles. The molecule has 0 bridgehead atoms. The van der Waals surface area contributed by atoms with Gasteiger partial charge in [0.1, 0.15) is 5.75 Å². The highest BCUT2D eigenvalue weighted by Gasteiger charge is 2.33. The van der Waals surface area contributed by atoms with Gasteiger partial charge in [0, 0.05) is 19.0 Å². The van der Waals surface area contributed by atoms with Crippen molar-refractivity contribution in [2.24, 2.45) is 5.92 Å². The van der Waals surface area contributed by atoms with Gasteiger partial charge in [0.2, 0.25) is 5.91 Å². The van der Waals surface area contributed by atoms with Crippen LogP contribution in [0.15, 0.2) is 30.3 Å². The second-order valence-electron chi connectivity index (χ2n) is 5.04. The van der Waals surface area contributed by atoms with Gasteiger partial charge in [-0.2, -0.15) is 5.10 Å². The highest BCUT2D eigenvalue weighted by atomic mass is 16.5. The topological polar surface area (TPSA) is 58.2 Å². The van der Waals surface area contributed by atoms with Crippen LogP contribution < -0.4 is 9.64 Å². The van der Waals surface area contributed by atoms with E-state index in [1.54, 1.807) is 19.1 Å². The average Bonchev–Trinajstić information content (AvgIpc) is 3.23. The minimum absolute atomic E-state index is 0.151. The summed E-state index contributed by atoms with van der Waals surface area (Å²) in [6.07, 6.45) is 2.00. The van der Waals surface area contributed by atoms with Crippen LogP contribution in [0.4, 0.5) is 5.82 Å². The Hall–Kier alpha value is -2.30. The zero-order valence-corrected chi connectivity index (χ0v) is 11.6. The maximum absolute atomic E-state index is 12.0. The average molecular weight is 271 g/mol. The molecule has 5 nitrogen and oxygen atoms in total. The molecule has 1 fully saturated rings. The molecule has 2 aromatic rings. The summed E-state index contributed by atoms with van der Waals surface area (Å²) in [5.74, 6) is 1.82. The number of nitrogens with zero attached hydrogens (tertiary/aromatic N) is 2. The van der Waals surface area contributed by atoms with Gasteiger partial charge in [-0.15, -0.1) is 0 Å². The molecule has 0 radical (unpaired) electrons. The van der Waals surface area contributed by atoms with Crippen LogP contribution in [0, 0.1) is 5.92 Å². The lowest BCUT2D eigenvalue weighted by Gasteiger charge is -2.12. The first-order chi connectivity index (χ1) is 9.69. The number of methoxy groups -OCH3 is 1. The summed E-state index contributed by atoms with van der Waals surface area (Å²) < 4.78 is 5.13. The van der Waals surface area contributed by atoms with Gasteiger partial charge in [-0.1, -0.05) is 0 Å². The van der Waals surface area contributed by atoms with Crippen LogP contribution in [-0.2, 0) is 4.79 Å². The molecule has 1 saturated carbocycles. The number of hydrogen-bond acceptors (Lipinski definition) is 3. The molecule has 20 heavy (non-hydrogen) atoms. The molecule has 5 heteroatoms. The number of ether oxygens (including phenoxy) is 1. The Morgan fingerprint density at radius 3 is 2.65 bits per heavy atom. The van der Waals surface area contributed by atoms with Crippen molar-refractivity contribution in [2.45, 2.75) is 12.8 Å². The number of carbonyl (C=O) groups excluding carboxylic acids is 1. The van der Waals surface area contributed by atoms with Crippen LogP contribution in [-0.4, -0.2) is 30.3 Å². The van der Waals surface area contributed by atoms with E-state index in [4.69, 9.17) is 4.74 Å². The van der Waals surface area contributed by atoms with Crippen molar-refractivity contribution in [1.29, 1.82) is 0 Å². The number of amides is 1. The largest absolute Gasteiger partial charge is 0.497 e. The van der Waals surface area contributed by atoms with Gasteiger partial charge < -0.3 is 4.74 Å². The van der Waals surface area contributed by atoms with Crippen LogP contribution in [0.5, 0.6) is 5.75 Å². The molecule has 104 valence electrons. The van der Waals surface area contributed by atoms with Crippen LogP contribution in [0.25, 0.3) is 11.3 Å². The second-order valence-corrected chi connectivity index (χ2v) is 5.04. The highest BCUT2D eigenvalue weighted by molar-refractivity contribution is 5.95. The van der Waals surface area contributed by atoms with Crippen LogP contribution in [0.2, 0.25) is 0 Å². The number of H-pyrrole nitrogens is 1. The number of benzene rings is 1. The molecule has 1 aromatic heterocycles. The lowest BCUT2D eigenvalue weighted by Crippen LogP contribution is -2.27. The highest BCUT2D eigenvalue weighted by Crippen LogP contribution is 2.32. The van der Waals surface area contributed by atoms with Crippen molar-refractivity contribution in [3.8, 4) is 17.0 Å². The van der Waals surface area contributed by atoms with Crippen molar-refractivity contribution < 1.29 is 9.53 Å². The Kier molecular flexibility index (Phi) is 3.18. The second kappa shape index (κ2) is 5.00. The van der Waals surface area contributed by atoms with Gasteiger partial charge in [-0.25, -0.2) is 0 Å². The fourth-order valence-corrected chi connectivity index (χ4v) is 2.12. The molecule has 0 aliphatic heterocycles. The fourth-order valence-electron chi connectivity index (χ4n) is 2.12. The third-order valence-electron chi connectivity index (χ3n) is 3.57. The van der Waals surface area contributed by atoms with Crippen molar-refractivity contribution in [2.75, 3.05) is 19.1 Å². The summed E-state index contributed by atoms with van der Waals surface area (Å²) in [5, 5.41) is 7.19. The molecule has 0 saturated heterocycles. The molecule has 1 aliphatic rings. The van der Waals surface area contributed by atoms with E-state index in [1.165, 1.54) is 0 Å². The van der Waals surface area contributed by atoms with E-state index in [9.17, 15) is 4.79 Å². The molecule has 1 amide bonds. The maximum Gasteiger partial charge on any atom is 0.231 e. The first-order valence-electron chi connectivity index (χ1n) is 6.66. The van der Waals surface area contributed by atoms with E-state index in [1.807, 2.05) is 30.3 Å². The minimum Gasteiger partial charge on any atom is -0.497 e. The molecule has 0 spiro atoms. The zero-order valence-electron chi connectivity index (χ0n) is 11.6. The number of hydrogen-bond donors (Lipinski definition) is 1. The fraction of sp³-hybridized carbons (Fsp3) is 0.333. The number of nitrogens with one attached hydrogen (secondary N) is 1. The van der Waals surface area contributed by atoms with Crippen LogP contribution in [0.3, 0.4) is 0 Å². The van der Waals surface area contributed by atoms with Crippen molar-refractivity contribution in [3.05, 3.63) is 30.3 Å². The molecular formula is C15H17N3O2. The summed E-state index contributed by atoms with van der Waals surface area (Å²) in [6, 6.07) is 9.60. The molecular weight excluding hydrogens is 254 g/mol. The van der Waals surface area contributed by atoms with Gasteiger partial charge >= 0.3 is 0 Å². The molecule has 0 unspecified atom stereocenters. The summed E-state index contributed by atoms with van der Waals surface area (Å²) >= 11 is 0. The summed E-state index contributed by atoms with van der Waals surface area (Å²) in [5.41, 5.74) is 1.90. The predicted molar refractivity (Wildman–Crippen MR) is 76.7 cm³/mol. The summed E-state index contributed by atoms with van der Waals surface area (Å²) in [7, 11) is 3.41. The van der Waals surface area contributed by atoms with E-state index in [2.05, 4.69) is 10.2 Å². The minimum atomic E-state index is 0.151. The lowest BCUT2D eigenvalue weighted by atomic mass is 10.1. The Morgan fingerprint density at radius 2 is 2.05 bits per heavy atom. The summed E-state index contributed by atoms with van der Waals surface area (Å²) in [4.78, 5) is 13.6. The van der Waals surface area contributed by atoms with Crippen LogP contribution >= 0.6 is 0 Å². The third-order valence-corrected chi connectivity index (χ3v) is 3.57. The molecule has 1 aliphatic carbocycles. The number of aromatic amines is 1. The van der Waals surface area contributed by atoms with E-state index < -0.39 is 0 Å². The monoisotopic (exact) mass is 271 g/mol. The number of anilines is 1. The molecule has 0 atom stereocenters. The SMILES string of the molecule is COc1ccc(-c2cc(N(C)C(=O)C3CC3)n[nH]2)cc1.